The zero-order valence-corrected chi connectivity index (χ0v) is 9.67. The van der Waals surface area contributed by atoms with Crippen molar-refractivity contribution >= 4 is 35.7 Å². The Kier molecular flexibility index (Phi) is 2.99. The molecule has 0 unspecified atom stereocenters. The van der Waals surface area contributed by atoms with Crippen molar-refractivity contribution in [2.75, 3.05) is 0 Å². The molecule has 0 radical (unpaired) electrons. The third-order valence-electron chi connectivity index (χ3n) is 1.49. The molecule has 0 N–H and O–H groups in total. The Morgan fingerprint density at radius 2 is 2.00 bits per heavy atom. The highest BCUT2D eigenvalue weighted by molar-refractivity contribution is 9.10. The van der Waals surface area contributed by atoms with Gasteiger partial charge in [-0.05, 0) is 34.5 Å². The largest absolute Gasteiger partial charge is 0.265 e. The van der Waals surface area contributed by atoms with Crippen LogP contribution in [0.1, 0.15) is 5.56 Å². The van der Waals surface area contributed by atoms with E-state index in [1.54, 1.807) is 6.92 Å². The lowest BCUT2D eigenvalue weighted by Gasteiger charge is -2.04. The first-order chi connectivity index (χ1) is 5.84. The molecule has 0 aromatic heterocycles. The van der Waals surface area contributed by atoms with E-state index in [-0.39, 0.29) is 4.47 Å². The van der Waals surface area contributed by atoms with Gasteiger partial charge in [0.1, 0.15) is 10.7 Å². The quantitative estimate of drug-likeness (QED) is 0.744. The average molecular weight is 288 g/mol. The van der Waals surface area contributed by atoms with E-state index in [0.29, 0.717) is 5.56 Å². The van der Waals surface area contributed by atoms with Gasteiger partial charge in [0, 0.05) is 15.2 Å². The lowest BCUT2D eigenvalue weighted by Crippen LogP contribution is -1.98. The van der Waals surface area contributed by atoms with Gasteiger partial charge in [-0.25, -0.2) is 12.8 Å². The third-order valence-corrected chi connectivity index (χ3v) is 4.12. The minimum Gasteiger partial charge on any atom is -0.207 e. The molecule has 13 heavy (non-hydrogen) atoms. The van der Waals surface area contributed by atoms with Crippen molar-refractivity contribution in [3.8, 4) is 0 Å². The predicted octanol–water partition coefficient (Wildman–Crippen LogP) is 2.82. The molecular formula is C7H5BrClFO2S. The number of rotatable bonds is 1. The summed E-state index contributed by atoms with van der Waals surface area (Å²) in [5, 5.41) is 0. The lowest BCUT2D eigenvalue weighted by atomic mass is 10.2. The van der Waals surface area contributed by atoms with Crippen LogP contribution in [0.2, 0.25) is 0 Å². The Hall–Kier alpha value is -0.130. The number of benzene rings is 1. The van der Waals surface area contributed by atoms with Gasteiger partial charge in [-0.3, -0.25) is 0 Å². The second-order valence-corrected chi connectivity index (χ2v) is 5.74. The maximum Gasteiger partial charge on any atom is 0.265 e. The molecule has 0 bridgehead atoms. The van der Waals surface area contributed by atoms with Gasteiger partial charge in [-0.15, -0.1) is 0 Å². The summed E-state index contributed by atoms with van der Waals surface area (Å²) in [6.45, 7) is 1.65. The smallest absolute Gasteiger partial charge is 0.207 e. The van der Waals surface area contributed by atoms with Crippen molar-refractivity contribution < 1.29 is 12.8 Å². The van der Waals surface area contributed by atoms with E-state index in [2.05, 4.69) is 15.9 Å². The van der Waals surface area contributed by atoms with Crippen LogP contribution in [-0.4, -0.2) is 8.42 Å². The lowest BCUT2D eigenvalue weighted by molar-refractivity contribution is 0.573. The van der Waals surface area contributed by atoms with Crippen LogP contribution in [0.15, 0.2) is 21.5 Å². The minimum absolute atomic E-state index is 0.169. The van der Waals surface area contributed by atoms with Gasteiger partial charge in [0.2, 0.25) is 0 Å². The number of hydrogen-bond acceptors (Lipinski definition) is 2. The van der Waals surface area contributed by atoms with E-state index in [4.69, 9.17) is 10.7 Å². The van der Waals surface area contributed by atoms with Crippen LogP contribution in [0, 0.1) is 12.7 Å². The van der Waals surface area contributed by atoms with Crippen LogP contribution in [0.3, 0.4) is 0 Å². The molecule has 0 fully saturated rings. The van der Waals surface area contributed by atoms with Gasteiger partial charge in [-0.2, -0.15) is 0 Å². The first-order valence-electron chi connectivity index (χ1n) is 3.23. The van der Waals surface area contributed by atoms with Crippen LogP contribution >= 0.6 is 26.6 Å². The second kappa shape index (κ2) is 3.55. The van der Waals surface area contributed by atoms with Gasteiger partial charge in [-0.1, -0.05) is 6.07 Å². The molecule has 0 atom stereocenters. The van der Waals surface area contributed by atoms with Gasteiger partial charge >= 0.3 is 0 Å². The molecular weight excluding hydrogens is 282 g/mol. The predicted molar refractivity (Wildman–Crippen MR) is 51.9 cm³/mol. The zero-order chi connectivity index (χ0) is 10.2. The third kappa shape index (κ3) is 2.21. The Balaban J connectivity index is 3.62. The topological polar surface area (TPSA) is 34.1 Å². The number of halogens is 3. The molecule has 0 heterocycles. The zero-order valence-electron chi connectivity index (χ0n) is 6.51. The van der Waals surface area contributed by atoms with Crippen LogP contribution < -0.4 is 0 Å². The summed E-state index contributed by atoms with van der Waals surface area (Å²) in [5.74, 6) is -0.854. The average Bonchev–Trinajstić information content (AvgIpc) is 1.95. The van der Waals surface area contributed by atoms with E-state index < -0.39 is 19.8 Å². The highest BCUT2D eigenvalue weighted by Crippen LogP contribution is 2.30. The molecule has 2 nitrogen and oxygen atoms in total. The highest BCUT2D eigenvalue weighted by Gasteiger charge is 2.20. The van der Waals surface area contributed by atoms with Crippen LogP contribution in [0.5, 0.6) is 0 Å². The normalized spacial score (nSPS) is 11.7. The molecule has 1 rings (SSSR count). The highest BCUT2D eigenvalue weighted by atomic mass is 79.9. The Labute approximate surface area is 88.3 Å². The van der Waals surface area contributed by atoms with Crippen molar-refractivity contribution in [2.24, 2.45) is 0 Å². The molecule has 0 amide bonds. The fraction of sp³-hybridized carbons (Fsp3) is 0.143. The standard InChI is InChI=1S/C7H5BrClFO2S/c1-4-2-3-5(10)7(6(4)8)13(9,11)12/h2-3H,1H3. The SMILES string of the molecule is Cc1ccc(F)c(S(=O)(=O)Cl)c1Br. The Bertz CT molecular complexity index is 444. The van der Waals surface area contributed by atoms with Crippen molar-refractivity contribution in [1.29, 1.82) is 0 Å². The minimum atomic E-state index is -4.04. The van der Waals surface area contributed by atoms with E-state index in [1.807, 2.05) is 0 Å². The molecule has 0 saturated carbocycles. The molecule has 0 spiro atoms. The summed E-state index contributed by atoms with van der Waals surface area (Å²) in [6.07, 6.45) is 0. The summed E-state index contributed by atoms with van der Waals surface area (Å²) in [6, 6.07) is 2.53. The van der Waals surface area contributed by atoms with Crippen molar-refractivity contribution in [3.05, 3.63) is 28.0 Å². The Morgan fingerprint density at radius 1 is 1.46 bits per heavy atom. The summed E-state index contributed by atoms with van der Waals surface area (Å²) in [5.41, 5.74) is 0.612. The number of hydrogen-bond donors (Lipinski definition) is 0. The first kappa shape index (κ1) is 10.9. The fourth-order valence-corrected chi connectivity index (χ4v) is 3.22. The second-order valence-electron chi connectivity index (χ2n) is 2.45. The molecule has 6 heteroatoms. The van der Waals surface area contributed by atoms with Crippen LogP contribution in [0.25, 0.3) is 0 Å². The van der Waals surface area contributed by atoms with E-state index >= 15 is 0 Å². The molecule has 0 aliphatic heterocycles. The summed E-state index contributed by atoms with van der Waals surface area (Å²) < 4.78 is 35.0. The summed E-state index contributed by atoms with van der Waals surface area (Å²) >= 11 is 2.96. The van der Waals surface area contributed by atoms with Crippen LogP contribution in [-0.2, 0) is 9.05 Å². The van der Waals surface area contributed by atoms with Crippen molar-refractivity contribution in [3.63, 3.8) is 0 Å². The summed E-state index contributed by atoms with van der Waals surface area (Å²) in [7, 11) is 1.01. The molecule has 0 aliphatic rings. The molecule has 0 saturated heterocycles. The first-order valence-corrected chi connectivity index (χ1v) is 6.33. The molecule has 1 aromatic rings. The Morgan fingerprint density at radius 3 is 2.38 bits per heavy atom. The molecule has 1 aromatic carbocycles. The van der Waals surface area contributed by atoms with E-state index in [0.717, 1.165) is 6.07 Å². The summed E-state index contributed by atoms with van der Waals surface area (Å²) in [4.78, 5) is -0.505. The van der Waals surface area contributed by atoms with Crippen molar-refractivity contribution in [2.45, 2.75) is 11.8 Å². The maximum atomic E-state index is 13.0. The van der Waals surface area contributed by atoms with Crippen LogP contribution in [0.4, 0.5) is 4.39 Å². The monoisotopic (exact) mass is 286 g/mol. The van der Waals surface area contributed by atoms with Crippen molar-refractivity contribution in [1.82, 2.24) is 0 Å². The van der Waals surface area contributed by atoms with Gasteiger partial charge in [0.25, 0.3) is 9.05 Å². The van der Waals surface area contributed by atoms with E-state index in [9.17, 15) is 12.8 Å². The van der Waals surface area contributed by atoms with E-state index in [1.165, 1.54) is 6.07 Å². The van der Waals surface area contributed by atoms with Gasteiger partial charge in [0.05, 0.1) is 0 Å². The van der Waals surface area contributed by atoms with Gasteiger partial charge in [0.15, 0.2) is 0 Å². The molecule has 72 valence electrons. The maximum absolute atomic E-state index is 13.0. The van der Waals surface area contributed by atoms with Gasteiger partial charge < -0.3 is 0 Å². The fourth-order valence-electron chi connectivity index (χ4n) is 0.854. The molecule has 0 aliphatic carbocycles. The number of aryl methyl sites for hydroxylation is 1.